The van der Waals surface area contributed by atoms with Crippen LogP contribution in [0.4, 0.5) is 0 Å². The van der Waals surface area contributed by atoms with E-state index in [-0.39, 0.29) is 5.91 Å². The monoisotopic (exact) mass is 298 g/mol. The van der Waals surface area contributed by atoms with E-state index in [2.05, 4.69) is 24.1 Å². The van der Waals surface area contributed by atoms with Crippen LogP contribution in [0.2, 0.25) is 0 Å². The molecular formula is C14H22N2OS2. The van der Waals surface area contributed by atoms with Gasteiger partial charge in [0.1, 0.15) is 0 Å². The topological polar surface area (TPSA) is 42.0 Å². The van der Waals surface area contributed by atoms with Crippen molar-refractivity contribution in [3.63, 3.8) is 0 Å². The Morgan fingerprint density at radius 1 is 1.53 bits per heavy atom. The Morgan fingerprint density at radius 2 is 2.32 bits per heavy atom. The van der Waals surface area contributed by atoms with Crippen LogP contribution in [0, 0.1) is 18.8 Å². The summed E-state index contributed by atoms with van der Waals surface area (Å²) in [7, 11) is 0. The van der Waals surface area contributed by atoms with E-state index in [0.29, 0.717) is 23.6 Å². The Morgan fingerprint density at radius 3 is 3.00 bits per heavy atom. The van der Waals surface area contributed by atoms with Gasteiger partial charge in [-0.25, -0.2) is 4.98 Å². The highest BCUT2D eigenvalue weighted by atomic mass is 32.2. The van der Waals surface area contributed by atoms with Gasteiger partial charge in [0.2, 0.25) is 5.91 Å². The number of amides is 1. The minimum atomic E-state index is 0.142. The van der Waals surface area contributed by atoms with Crippen molar-refractivity contribution in [2.75, 3.05) is 5.75 Å². The fourth-order valence-corrected chi connectivity index (χ4v) is 4.22. The molecule has 0 aliphatic heterocycles. The summed E-state index contributed by atoms with van der Waals surface area (Å²) in [6.45, 7) is 6.52. The first-order valence-corrected chi connectivity index (χ1v) is 8.77. The van der Waals surface area contributed by atoms with Crippen LogP contribution in [0.15, 0.2) is 9.72 Å². The van der Waals surface area contributed by atoms with Gasteiger partial charge < -0.3 is 5.32 Å². The quantitative estimate of drug-likeness (QED) is 0.865. The second-order valence-electron chi connectivity index (χ2n) is 5.48. The van der Waals surface area contributed by atoms with Crippen LogP contribution in [-0.4, -0.2) is 22.7 Å². The van der Waals surface area contributed by atoms with E-state index in [1.54, 1.807) is 11.3 Å². The number of nitrogens with one attached hydrogen (secondary N) is 1. The van der Waals surface area contributed by atoms with Gasteiger partial charge in [-0.2, -0.15) is 0 Å². The van der Waals surface area contributed by atoms with Crippen molar-refractivity contribution in [1.29, 1.82) is 0 Å². The Balaban J connectivity index is 1.77. The van der Waals surface area contributed by atoms with Gasteiger partial charge in [0, 0.05) is 17.1 Å². The van der Waals surface area contributed by atoms with Gasteiger partial charge in [-0.1, -0.05) is 38.5 Å². The van der Waals surface area contributed by atoms with E-state index in [0.717, 1.165) is 16.5 Å². The zero-order valence-electron chi connectivity index (χ0n) is 11.8. The number of hydrogen-bond donors (Lipinski definition) is 1. The Bertz CT molecular complexity index is 433. The lowest BCUT2D eigenvalue weighted by atomic mass is 9.78. The van der Waals surface area contributed by atoms with Crippen LogP contribution in [-0.2, 0) is 4.79 Å². The first-order valence-electron chi connectivity index (χ1n) is 6.90. The fourth-order valence-electron chi connectivity index (χ4n) is 2.56. The van der Waals surface area contributed by atoms with Gasteiger partial charge in [-0.15, -0.1) is 11.3 Å². The maximum Gasteiger partial charge on any atom is 0.230 e. The molecule has 106 valence electrons. The van der Waals surface area contributed by atoms with Gasteiger partial charge in [0.25, 0.3) is 0 Å². The van der Waals surface area contributed by atoms with E-state index in [1.807, 2.05) is 12.3 Å². The average Bonchev–Trinajstić information content (AvgIpc) is 2.78. The van der Waals surface area contributed by atoms with Crippen molar-refractivity contribution in [2.24, 2.45) is 11.8 Å². The van der Waals surface area contributed by atoms with Crippen molar-refractivity contribution < 1.29 is 4.79 Å². The molecule has 2 rings (SSSR count). The molecule has 3 atom stereocenters. The molecule has 1 amide bonds. The maximum atomic E-state index is 12.0. The number of carbonyl (C=O) groups excluding carboxylic acids is 1. The van der Waals surface area contributed by atoms with Crippen LogP contribution in [0.5, 0.6) is 0 Å². The van der Waals surface area contributed by atoms with E-state index in [1.165, 1.54) is 24.6 Å². The molecule has 0 bridgehead atoms. The normalized spacial score (nSPS) is 27.2. The molecule has 1 heterocycles. The van der Waals surface area contributed by atoms with Crippen molar-refractivity contribution in [3.05, 3.63) is 11.1 Å². The minimum Gasteiger partial charge on any atom is -0.352 e. The number of thioether (sulfide) groups is 1. The SMILES string of the molecule is Cc1csc(SCC(=O)N[C@H]2CCC[C@H](C)[C@H]2C)n1. The molecule has 1 saturated carbocycles. The summed E-state index contributed by atoms with van der Waals surface area (Å²) in [4.78, 5) is 16.3. The third-order valence-corrected chi connectivity index (χ3v) is 6.12. The Hall–Kier alpha value is -0.550. The molecule has 1 aliphatic rings. The molecule has 1 fully saturated rings. The van der Waals surface area contributed by atoms with Crippen LogP contribution in [0.1, 0.15) is 38.8 Å². The molecular weight excluding hydrogens is 276 g/mol. The van der Waals surface area contributed by atoms with Crippen LogP contribution in [0.25, 0.3) is 0 Å². The highest BCUT2D eigenvalue weighted by Crippen LogP contribution is 2.29. The highest BCUT2D eigenvalue weighted by molar-refractivity contribution is 8.01. The second kappa shape index (κ2) is 6.75. The van der Waals surface area contributed by atoms with Gasteiger partial charge >= 0.3 is 0 Å². The molecule has 0 aromatic carbocycles. The molecule has 0 radical (unpaired) electrons. The number of hydrogen-bond acceptors (Lipinski definition) is 4. The second-order valence-corrected chi connectivity index (χ2v) is 7.57. The van der Waals surface area contributed by atoms with E-state index >= 15 is 0 Å². The molecule has 0 spiro atoms. The first kappa shape index (κ1) is 14.9. The molecule has 19 heavy (non-hydrogen) atoms. The molecule has 1 aromatic rings. The first-order chi connectivity index (χ1) is 9.06. The minimum absolute atomic E-state index is 0.142. The number of carbonyl (C=O) groups is 1. The van der Waals surface area contributed by atoms with Crippen molar-refractivity contribution >= 4 is 29.0 Å². The summed E-state index contributed by atoms with van der Waals surface area (Å²) in [5.41, 5.74) is 1.03. The Labute approximate surface area is 123 Å². The van der Waals surface area contributed by atoms with Gasteiger partial charge in [0.05, 0.1) is 5.75 Å². The van der Waals surface area contributed by atoms with Crippen LogP contribution in [0.3, 0.4) is 0 Å². The van der Waals surface area contributed by atoms with Gasteiger partial charge in [-0.3, -0.25) is 4.79 Å². The lowest BCUT2D eigenvalue weighted by Gasteiger charge is -2.34. The summed E-state index contributed by atoms with van der Waals surface area (Å²) in [6, 6.07) is 0.356. The van der Waals surface area contributed by atoms with Crippen LogP contribution < -0.4 is 5.32 Å². The zero-order chi connectivity index (χ0) is 13.8. The van der Waals surface area contributed by atoms with E-state index in [4.69, 9.17) is 0 Å². The standard InChI is InChI=1S/C14H22N2OS2/c1-9-5-4-6-12(11(9)3)16-13(17)8-19-14-15-10(2)7-18-14/h7,9,11-12H,4-6,8H2,1-3H3,(H,16,17)/t9-,11+,12-/m0/s1. The smallest absolute Gasteiger partial charge is 0.230 e. The molecule has 0 unspecified atom stereocenters. The lowest BCUT2D eigenvalue weighted by Crippen LogP contribution is -2.44. The molecule has 1 aliphatic carbocycles. The maximum absolute atomic E-state index is 12.0. The van der Waals surface area contributed by atoms with Crippen LogP contribution >= 0.6 is 23.1 Å². The summed E-state index contributed by atoms with van der Waals surface area (Å²) >= 11 is 3.15. The summed E-state index contributed by atoms with van der Waals surface area (Å²) < 4.78 is 0.984. The molecule has 3 nitrogen and oxygen atoms in total. The Kier molecular flexibility index (Phi) is 5.28. The van der Waals surface area contributed by atoms with Crippen molar-refractivity contribution in [2.45, 2.75) is 50.4 Å². The molecule has 0 saturated heterocycles. The lowest BCUT2D eigenvalue weighted by molar-refractivity contribution is -0.119. The number of rotatable bonds is 4. The van der Waals surface area contributed by atoms with Gasteiger partial charge in [-0.05, 0) is 25.2 Å². The van der Waals surface area contributed by atoms with Crippen molar-refractivity contribution in [3.8, 4) is 0 Å². The number of nitrogens with zero attached hydrogens (tertiary/aromatic N) is 1. The molecule has 5 heteroatoms. The summed E-state index contributed by atoms with van der Waals surface area (Å²) in [6.07, 6.45) is 3.65. The summed E-state index contributed by atoms with van der Waals surface area (Å²) in [5.74, 6) is 1.92. The predicted molar refractivity (Wildman–Crippen MR) is 81.7 cm³/mol. The number of aryl methyl sites for hydroxylation is 1. The largest absolute Gasteiger partial charge is 0.352 e. The number of aromatic nitrogens is 1. The fraction of sp³-hybridized carbons (Fsp3) is 0.714. The average molecular weight is 298 g/mol. The highest BCUT2D eigenvalue weighted by Gasteiger charge is 2.27. The molecule has 1 aromatic heterocycles. The summed E-state index contributed by atoms with van der Waals surface area (Å²) in [5, 5.41) is 5.21. The molecule has 1 N–H and O–H groups in total. The third-order valence-electron chi connectivity index (χ3n) is 3.98. The van der Waals surface area contributed by atoms with E-state index < -0.39 is 0 Å². The predicted octanol–water partition coefficient (Wildman–Crippen LogP) is 3.48. The van der Waals surface area contributed by atoms with E-state index in [9.17, 15) is 4.79 Å². The van der Waals surface area contributed by atoms with Crippen molar-refractivity contribution in [1.82, 2.24) is 10.3 Å². The third kappa shape index (κ3) is 4.21. The van der Waals surface area contributed by atoms with Gasteiger partial charge in [0.15, 0.2) is 4.34 Å². The number of thiazole rings is 1. The zero-order valence-corrected chi connectivity index (χ0v) is 13.4.